The van der Waals surface area contributed by atoms with Crippen molar-refractivity contribution in [2.75, 3.05) is 11.9 Å². The molecule has 0 atom stereocenters. The fourth-order valence-corrected chi connectivity index (χ4v) is 3.54. The molecule has 2 rings (SSSR count). The average molecular weight is 259 g/mol. The Morgan fingerprint density at radius 1 is 1.33 bits per heavy atom. The number of anilines is 1. The van der Waals surface area contributed by atoms with Gasteiger partial charge in [0.2, 0.25) is 5.13 Å². The summed E-state index contributed by atoms with van der Waals surface area (Å²) >= 11 is 4.42. The van der Waals surface area contributed by atoms with Gasteiger partial charge in [0.1, 0.15) is 5.82 Å². The minimum Gasteiger partial charge on any atom is -0.360 e. The van der Waals surface area contributed by atoms with E-state index in [2.05, 4.69) is 24.9 Å². The van der Waals surface area contributed by atoms with Gasteiger partial charge in [0.05, 0.1) is 0 Å². The zero-order valence-electron chi connectivity index (χ0n) is 8.22. The molecule has 0 aromatic carbocycles. The molecule has 0 unspecified atom stereocenters. The first-order chi connectivity index (χ1) is 7.28. The van der Waals surface area contributed by atoms with Gasteiger partial charge in [0.15, 0.2) is 8.68 Å². The molecule has 80 valence electrons. The molecule has 0 spiro atoms. The van der Waals surface area contributed by atoms with Crippen LogP contribution in [0.15, 0.2) is 8.68 Å². The van der Waals surface area contributed by atoms with Crippen molar-refractivity contribution < 1.29 is 0 Å². The normalized spacial score (nSPS) is 10.5. The maximum Gasteiger partial charge on any atom is 0.206 e. The molecule has 0 amide bonds. The monoisotopic (exact) mass is 259 g/mol. The summed E-state index contributed by atoms with van der Waals surface area (Å²) < 4.78 is 5.91. The van der Waals surface area contributed by atoms with Crippen molar-refractivity contribution in [3.8, 4) is 0 Å². The van der Waals surface area contributed by atoms with Gasteiger partial charge in [-0.1, -0.05) is 11.3 Å². The van der Waals surface area contributed by atoms with Crippen molar-refractivity contribution in [2.24, 2.45) is 0 Å². The Hall–Kier alpha value is -0.730. The number of hydrogen-bond donors (Lipinski definition) is 1. The Morgan fingerprint density at radius 2 is 2.20 bits per heavy atom. The molecule has 15 heavy (non-hydrogen) atoms. The zero-order valence-corrected chi connectivity index (χ0v) is 10.7. The molecule has 1 N–H and O–H groups in total. The van der Waals surface area contributed by atoms with Crippen LogP contribution >= 0.6 is 34.6 Å². The highest BCUT2D eigenvalue weighted by Gasteiger charge is 2.08. The molecule has 8 heteroatoms. The smallest absolute Gasteiger partial charge is 0.206 e. The van der Waals surface area contributed by atoms with Crippen LogP contribution in [0.2, 0.25) is 0 Å². The summed E-state index contributed by atoms with van der Waals surface area (Å²) in [5, 5.41) is 12.0. The van der Waals surface area contributed by atoms with Gasteiger partial charge in [-0.2, -0.15) is 4.37 Å². The highest BCUT2D eigenvalue weighted by atomic mass is 32.2. The Balaban J connectivity index is 2.04. The Morgan fingerprint density at radius 3 is 2.87 bits per heavy atom. The maximum atomic E-state index is 4.25. The van der Waals surface area contributed by atoms with Gasteiger partial charge in [-0.05, 0) is 37.1 Å². The van der Waals surface area contributed by atoms with Crippen LogP contribution in [-0.4, -0.2) is 26.1 Å². The second-order valence-electron chi connectivity index (χ2n) is 2.61. The third kappa shape index (κ3) is 2.86. The summed E-state index contributed by atoms with van der Waals surface area (Å²) in [6.45, 7) is 4.77. The third-order valence-corrected chi connectivity index (χ3v) is 4.19. The van der Waals surface area contributed by atoms with E-state index >= 15 is 0 Å². The van der Waals surface area contributed by atoms with Crippen molar-refractivity contribution in [1.82, 2.24) is 19.6 Å². The highest BCUT2D eigenvalue weighted by molar-refractivity contribution is 8.02. The second-order valence-corrected chi connectivity index (χ2v) is 5.84. The summed E-state index contributed by atoms with van der Waals surface area (Å²) in [6.07, 6.45) is 0. The predicted molar refractivity (Wildman–Crippen MR) is 62.8 cm³/mol. The van der Waals surface area contributed by atoms with Gasteiger partial charge in [-0.3, -0.25) is 0 Å². The molecule has 0 aliphatic carbocycles. The zero-order chi connectivity index (χ0) is 10.7. The van der Waals surface area contributed by atoms with Crippen molar-refractivity contribution in [2.45, 2.75) is 22.5 Å². The van der Waals surface area contributed by atoms with E-state index in [1.165, 1.54) is 34.6 Å². The lowest BCUT2D eigenvalue weighted by molar-refractivity contribution is 0.999. The quantitative estimate of drug-likeness (QED) is 0.909. The van der Waals surface area contributed by atoms with Gasteiger partial charge >= 0.3 is 0 Å². The first kappa shape index (κ1) is 10.8. The number of nitrogens with zero attached hydrogens (tertiary/aromatic N) is 4. The molecule has 2 aromatic heterocycles. The SMILES string of the molecule is CCNc1nnc(Sc2nc(C)ns2)s1. The van der Waals surface area contributed by atoms with E-state index in [1.807, 2.05) is 13.8 Å². The van der Waals surface area contributed by atoms with Crippen LogP contribution in [-0.2, 0) is 0 Å². The molecule has 2 aromatic rings. The molecular weight excluding hydrogens is 250 g/mol. The number of nitrogens with one attached hydrogen (secondary N) is 1. The van der Waals surface area contributed by atoms with E-state index in [4.69, 9.17) is 0 Å². The van der Waals surface area contributed by atoms with Crippen molar-refractivity contribution in [1.29, 1.82) is 0 Å². The van der Waals surface area contributed by atoms with E-state index in [-0.39, 0.29) is 0 Å². The minimum absolute atomic E-state index is 0.805. The molecule has 0 saturated heterocycles. The number of aromatic nitrogens is 4. The van der Waals surface area contributed by atoms with Crippen molar-refractivity contribution in [3.05, 3.63) is 5.82 Å². The summed E-state index contributed by atoms with van der Waals surface area (Å²) in [5.74, 6) is 0.805. The van der Waals surface area contributed by atoms with Crippen LogP contribution in [0.3, 0.4) is 0 Å². The topological polar surface area (TPSA) is 63.6 Å². The second kappa shape index (κ2) is 4.86. The molecule has 2 heterocycles. The summed E-state index contributed by atoms with van der Waals surface area (Å²) in [5.41, 5.74) is 0. The molecule has 0 radical (unpaired) electrons. The van der Waals surface area contributed by atoms with E-state index in [1.54, 1.807) is 0 Å². The molecular formula is C7H9N5S3. The molecule has 5 nitrogen and oxygen atoms in total. The van der Waals surface area contributed by atoms with Crippen molar-refractivity contribution in [3.63, 3.8) is 0 Å². The van der Waals surface area contributed by atoms with Gasteiger partial charge in [-0.25, -0.2) is 4.98 Å². The first-order valence-electron chi connectivity index (χ1n) is 4.33. The lowest BCUT2D eigenvalue weighted by atomic mass is 10.8. The van der Waals surface area contributed by atoms with Crippen LogP contribution in [0.1, 0.15) is 12.7 Å². The van der Waals surface area contributed by atoms with Gasteiger partial charge in [0, 0.05) is 6.54 Å². The predicted octanol–water partition coefficient (Wildman–Crippen LogP) is 2.28. The fourth-order valence-electron chi connectivity index (χ4n) is 0.868. The Labute approximate surface area is 99.5 Å². The average Bonchev–Trinajstić information content (AvgIpc) is 2.78. The summed E-state index contributed by atoms with van der Waals surface area (Å²) in [4.78, 5) is 4.25. The van der Waals surface area contributed by atoms with Gasteiger partial charge < -0.3 is 5.32 Å². The first-order valence-corrected chi connectivity index (χ1v) is 6.74. The van der Waals surface area contributed by atoms with Gasteiger partial charge in [0.25, 0.3) is 0 Å². The minimum atomic E-state index is 0.805. The molecule has 0 aliphatic rings. The molecule has 0 fully saturated rings. The maximum absolute atomic E-state index is 4.25. The third-order valence-electron chi connectivity index (χ3n) is 1.42. The van der Waals surface area contributed by atoms with E-state index in [0.717, 1.165) is 26.2 Å². The lowest BCUT2D eigenvalue weighted by Crippen LogP contribution is -1.94. The van der Waals surface area contributed by atoms with E-state index < -0.39 is 0 Å². The number of aryl methyl sites for hydroxylation is 1. The Bertz CT molecular complexity index is 437. The Kier molecular flexibility index (Phi) is 3.49. The molecule has 0 bridgehead atoms. The van der Waals surface area contributed by atoms with Gasteiger partial charge in [-0.15, -0.1) is 10.2 Å². The number of hydrogen-bond acceptors (Lipinski definition) is 8. The molecule has 0 aliphatic heterocycles. The van der Waals surface area contributed by atoms with E-state index in [0.29, 0.717) is 0 Å². The van der Waals surface area contributed by atoms with Crippen molar-refractivity contribution >= 4 is 39.8 Å². The van der Waals surface area contributed by atoms with Crippen LogP contribution in [0, 0.1) is 6.92 Å². The van der Waals surface area contributed by atoms with E-state index in [9.17, 15) is 0 Å². The van der Waals surface area contributed by atoms with Crippen LogP contribution in [0.5, 0.6) is 0 Å². The summed E-state index contributed by atoms with van der Waals surface area (Å²) in [6, 6.07) is 0. The fraction of sp³-hybridized carbons (Fsp3) is 0.429. The van der Waals surface area contributed by atoms with Crippen LogP contribution < -0.4 is 5.32 Å². The largest absolute Gasteiger partial charge is 0.360 e. The van der Waals surface area contributed by atoms with Crippen LogP contribution in [0.4, 0.5) is 5.13 Å². The highest BCUT2D eigenvalue weighted by Crippen LogP contribution is 2.32. The molecule has 0 saturated carbocycles. The summed E-state index contributed by atoms with van der Waals surface area (Å²) in [7, 11) is 0. The lowest BCUT2D eigenvalue weighted by Gasteiger charge is -1.91. The van der Waals surface area contributed by atoms with Crippen LogP contribution in [0.25, 0.3) is 0 Å². The standard InChI is InChI=1S/C7H9N5S3/c1-3-8-5-10-11-7(13-5)14-6-9-4(2)12-15-6/h3H2,1-2H3,(H,8,10). The number of rotatable bonds is 4.